The van der Waals surface area contributed by atoms with Crippen LogP contribution in [0.1, 0.15) is 10.5 Å². The van der Waals surface area contributed by atoms with Crippen LogP contribution in [0, 0.1) is 0 Å². The van der Waals surface area contributed by atoms with Crippen molar-refractivity contribution < 1.29 is 19.1 Å². The van der Waals surface area contributed by atoms with E-state index in [2.05, 4.69) is 10.2 Å². The smallest absolute Gasteiger partial charge is 0.353 e. The predicted molar refractivity (Wildman–Crippen MR) is 72.3 cm³/mol. The third-order valence-corrected chi connectivity index (χ3v) is 3.35. The van der Waals surface area contributed by atoms with E-state index in [0.29, 0.717) is 33.0 Å². The van der Waals surface area contributed by atoms with Crippen molar-refractivity contribution in [3.05, 3.63) is 35.2 Å². The number of rotatable bonds is 3. The predicted octanol–water partition coefficient (Wildman–Crippen LogP) is 3.18. The largest absolute Gasteiger partial charge is 0.493 e. The average molecular weight is 293 g/mol. The second kappa shape index (κ2) is 4.57. The number of furan rings is 1. The van der Waals surface area contributed by atoms with Gasteiger partial charge in [-0.15, -0.1) is 0 Å². The van der Waals surface area contributed by atoms with Crippen LogP contribution in [0.2, 0.25) is 5.02 Å². The molecule has 0 fully saturated rings. The standard InChI is InChI=1S/C13H9ClN2O4/c1-19-10-4-7(8-5-9(13(17)18)16-15-8)11(14)6-2-3-20-12(6)10/h2-5H,1H3,(H,15,16)(H,17,18). The van der Waals surface area contributed by atoms with Gasteiger partial charge in [-0.2, -0.15) is 5.10 Å². The number of nitrogens with zero attached hydrogens (tertiary/aromatic N) is 1. The van der Waals surface area contributed by atoms with Crippen molar-refractivity contribution in [2.24, 2.45) is 0 Å². The zero-order chi connectivity index (χ0) is 14.3. The number of hydrogen-bond acceptors (Lipinski definition) is 4. The second-order valence-corrected chi connectivity index (χ2v) is 4.45. The first-order valence-corrected chi connectivity index (χ1v) is 6.02. The summed E-state index contributed by atoms with van der Waals surface area (Å²) in [7, 11) is 1.52. The number of nitrogens with one attached hydrogen (secondary N) is 1. The van der Waals surface area contributed by atoms with Crippen molar-refractivity contribution in [1.29, 1.82) is 0 Å². The Morgan fingerprint density at radius 1 is 1.50 bits per heavy atom. The molecule has 0 bridgehead atoms. The molecule has 0 aliphatic heterocycles. The fourth-order valence-electron chi connectivity index (χ4n) is 1.99. The molecule has 7 heteroatoms. The van der Waals surface area contributed by atoms with Crippen molar-refractivity contribution in [2.75, 3.05) is 7.11 Å². The number of ether oxygens (including phenoxy) is 1. The van der Waals surface area contributed by atoms with Gasteiger partial charge in [-0.1, -0.05) is 11.6 Å². The van der Waals surface area contributed by atoms with Crippen LogP contribution < -0.4 is 4.74 Å². The van der Waals surface area contributed by atoms with E-state index in [1.165, 1.54) is 19.4 Å². The number of benzene rings is 1. The van der Waals surface area contributed by atoms with Crippen LogP contribution in [0.3, 0.4) is 0 Å². The number of aromatic carboxylic acids is 1. The van der Waals surface area contributed by atoms with E-state index in [1.807, 2.05) is 0 Å². The molecule has 2 aromatic heterocycles. The van der Waals surface area contributed by atoms with Gasteiger partial charge in [-0.3, -0.25) is 5.10 Å². The van der Waals surface area contributed by atoms with Gasteiger partial charge < -0.3 is 14.3 Å². The van der Waals surface area contributed by atoms with Gasteiger partial charge in [-0.25, -0.2) is 4.79 Å². The molecule has 0 unspecified atom stereocenters. The summed E-state index contributed by atoms with van der Waals surface area (Å²) >= 11 is 6.32. The molecule has 3 aromatic rings. The molecular formula is C13H9ClN2O4. The van der Waals surface area contributed by atoms with Gasteiger partial charge in [0, 0.05) is 10.9 Å². The van der Waals surface area contributed by atoms with E-state index in [1.54, 1.807) is 12.1 Å². The second-order valence-electron chi connectivity index (χ2n) is 4.08. The number of carboxylic acids is 1. The van der Waals surface area contributed by atoms with Gasteiger partial charge in [-0.05, 0) is 18.2 Å². The Kier molecular flexibility index (Phi) is 2.87. The Bertz CT molecular complexity index is 806. The van der Waals surface area contributed by atoms with Gasteiger partial charge in [0.2, 0.25) is 0 Å². The number of fused-ring (bicyclic) bond motifs is 1. The van der Waals surface area contributed by atoms with Crippen LogP contribution in [0.5, 0.6) is 5.75 Å². The van der Waals surface area contributed by atoms with E-state index in [4.69, 9.17) is 25.9 Å². The highest BCUT2D eigenvalue weighted by Gasteiger charge is 2.18. The molecule has 102 valence electrons. The summed E-state index contributed by atoms with van der Waals surface area (Å²) in [5.74, 6) is -0.583. The number of methoxy groups -OCH3 is 1. The average Bonchev–Trinajstić information content (AvgIpc) is 3.08. The Labute approximate surface area is 117 Å². The maximum Gasteiger partial charge on any atom is 0.353 e. The van der Waals surface area contributed by atoms with Gasteiger partial charge in [0.15, 0.2) is 11.3 Å². The summed E-state index contributed by atoms with van der Waals surface area (Å²) in [5.41, 5.74) is 1.52. The van der Waals surface area contributed by atoms with E-state index in [-0.39, 0.29) is 5.69 Å². The monoisotopic (exact) mass is 292 g/mol. The number of H-pyrrole nitrogens is 1. The van der Waals surface area contributed by atoms with Crippen LogP contribution in [-0.4, -0.2) is 28.4 Å². The van der Waals surface area contributed by atoms with Gasteiger partial charge in [0.1, 0.15) is 5.69 Å². The zero-order valence-electron chi connectivity index (χ0n) is 10.3. The van der Waals surface area contributed by atoms with Gasteiger partial charge >= 0.3 is 5.97 Å². The van der Waals surface area contributed by atoms with Crippen molar-refractivity contribution in [2.45, 2.75) is 0 Å². The third kappa shape index (κ3) is 1.81. The molecule has 0 aliphatic carbocycles. The summed E-state index contributed by atoms with van der Waals surface area (Å²) in [6.07, 6.45) is 1.51. The minimum Gasteiger partial charge on any atom is -0.493 e. The number of halogens is 1. The molecule has 1 aromatic carbocycles. The number of carboxylic acid groups (broad SMARTS) is 1. The lowest BCUT2D eigenvalue weighted by molar-refractivity contribution is 0.0690. The molecule has 0 atom stereocenters. The topological polar surface area (TPSA) is 88.4 Å². The molecule has 2 N–H and O–H groups in total. The third-order valence-electron chi connectivity index (χ3n) is 2.94. The van der Waals surface area contributed by atoms with Crippen LogP contribution in [0.4, 0.5) is 0 Å². The molecule has 0 saturated carbocycles. The highest BCUT2D eigenvalue weighted by molar-refractivity contribution is 6.38. The molecule has 0 radical (unpaired) electrons. The van der Waals surface area contributed by atoms with Crippen LogP contribution >= 0.6 is 11.6 Å². The van der Waals surface area contributed by atoms with Crippen molar-refractivity contribution >= 4 is 28.5 Å². The zero-order valence-corrected chi connectivity index (χ0v) is 11.1. The van der Waals surface area contributed by atoms with Crippen molar-refractivity contribution in [3.63, 3.8) is 0 Å². The molecular weight excluding hydrogens is 284 g/mol. The molecule has 2 heterocycles. The number of aromatic amines is 1. The van der Waals surface area contributed by atoms with Crippen LogP contribution in [0.15, 0.2) is 28.9 Å². The highest BCUT2D eigenvalue weighted by Crippen LogP contribution is 2.39. The lowest BCUT2D eigenvalue weighted by atomic mass is 10.1. The van der Waals surface area contributed by atoms with E-state index < -0.39 is 5.97 Å². The molecule has 0 amide bonds. The van der Waals surface area contributed by atoms with E-state index in [9.17, 15) is 4.79 Å². The minimum atomic E-state index is -1.09. The molecule has 6 nitrogen and oxygen atoms in total. The number of hydrogen-bond donors (Lipinski definition) is 2. The summed E-state index contributed by atoms with van der Waals surface area (Å²) in [4.78, 5) is 10.9. The van der Waals surface area contributed by atoms with E-state index in [0.717, 1.165) is 0 Å². The minimum absolute atomic E-state index is 0.0117. The molecule has 0 saturated heterocycles. The first-order valence-electron chi connectivity index (χ1n) is 5.64. The maximum atomic E-state index is 10.9. The fourth-order valence-corrected chi connectivity index (χ4v) is 2.29. The van der Waals surface area contributed by atoms with Crippen LogP contribution in [0.25, 0.3) is 22.2 Å². The molecule has 0 aliphatic rings. The van der Waals surface area contributed by atoms with Crippen LogP contribution in [-0.2, 0) is 0 Å². The van der Waals surface area contributed by atoms with Gasteiger partial charge in [0.05, 0.1) is 24.1 Å². The Balaban J connectivity index is 2.24. The van der Waals surface area contributed by atoms with Crippen molar-refractivity contribution in [1.82, 2.24) is 10.2 Å². The Morgan fingerprint density at radius 2 is 2.30 bits per heavy atom. The summed E-state index contributed by atoms with van der Waals surface area (Å²) in [5, 5.41) is 16.4. The summed E-state index contributed by atoms with van der Waals surface area (Å²) < 4.78 is 10.6. The first kappa shape index (κ1) is 12.6. The number of aromatic nitrogens is 2. The lowest BCUT2D eigenvalue weighted by Gasteiger charge is -2.06. The lowest BCUT2D eigenvalue weighted by Crippen LogP contribution is -1.95. The number of carbonyl (C=O) groups is 1. The summed E-state index contributed by atoms with van der Waals surface area (Å²) in [6.45, 7) is 0. The Hall–Kier alpha value is -2.47. The molecule has 3 rings (SSSR count). The maximum absolute atomic E-state index is 10.9. The van der Waals surface area contributed by atoms with Crippen molar-refractivity contribution in [3.8, 4) is 17.0 Å². The molecule has 0 spiro atoms. The summed E-state index contributed by atoms with van der Waals surface area (Å²) in [6, 6.07) is 4.79. The van der Waals surface area contributed by atoms with E-state index >= 15 is 0 Å². The first-order chi connectivity index (χ1) is 9.61. The quantitative estimate of drug-likeness (QED) is 0.774. The SMILES string of the molecule is COc1cc(-c2cc(C(=O)O)[nH]n2)c(Cl)c2ccoc12. The Morgan fingerprint density at radius 3 is 2.95 bits per heavy atom. The normalized spacial score (nSPS) is 10.9. The van der Waals surface area contributed by atoms with Gasteiger partial charge in [0.25, 0.3) is 0 Å². The molecule has 20 heavy (non-hydrogen) atoms. The highest BCUT2D eigenvalue weighted by atomic mass is 35.5. The fraction of sp³-hybridized carbons (Fsp3) is 0.0769.